The molecule has 0 heterocycles. The summed E-state index contributed by atoms with van der Waals surface area (Å²) < 4.78 is 0. The van der Waals surface area contributed by atoms with Gasteiger partial charge in [0.1, 0.15) is 0 Å². The van der Waals surface area contributed by atoms with Crippen LogP contribution in [0, 0.1) is 5.92 Å². The van der Waals surface area contributed by atoms with E-state index in [4.69, 9.17) is 0 Å². The van der Waals surface area contributed by atoms with Gasteiger partial charge in [-0.15, -0.1) is 0 Å². The van der Waals surface area contributed by atoms with Gasteiger partial charge in [0.05, 0.1) is 0 Å². The van der Waals surface area contributed by atoms with E-state index in [1.54, 1.807) is 26.0 Å². The molecule has 2 heteroatoms. The van der Waals surface area contributed by atoms with Gasteiger partial charge in [-0.25, -0.2) is 0 Å². The predicted octanol–water partition coefficient (Wildman–Crippen LogP) is 3.25. The monoisotopic (exact) mass is 226 g/mol. The number of rotatable bonds is 3. The average molecular weight is 226 g/mol. The molecule has 0 saturated carbocycles. The lowest BCUT2D eigenvalue weighted by Gasteiger charge is -2.04. The van der Waals surface area contributed by atoms with Gasteiger partial charge in [-0.1, -0.05) is 50.2 Å². The van der Waals surface area contributed by atoms with E-state index in [1.165, 1.54) is 0 Å². The second kappa shape index (κ2) is 4.50. The molecule has 0 aliphatic rings. The smallest absolute Gasteiger partial charge is 0.228 e. The van der Waals surface area contributed by atoms with Crippen molar-refractivity contribution >= 4 is 22.3 Å². The van der Waals surface area contributed by atoms with Crippen LogP contribution >= 0.6 is 0 Å². The van der Waals surface area contributed by atoms with Crippen LogP contribution in [0.1, 0.15) is 24.2 Å². The molecule has 0 radical (unpaired) electrons. The molecule has 0 aliphatic heterocycles. The Morgan fingerprint density at radius 1 is 0.941 bits per heavy atom. The zero-order valence-corrected chi connectivity index (χ0v) is 9.94. The maximum atomic E-state index is 11.9. The van der Waals surface area contributed by atoms with Crippen LogP contribution in [-0.4, -0.2) is 11.6 Å². The Morgan fingerprint density at radius 2 is 1.59 bits per heavy atom. The Bertz CT molecular complexity index is 582. The minimum Gasteiger partial charge on any atom is -0.290 e. The van der Waals surface area contributed by atoms with Gasteiger partial charge in [0.25, 0.3) is 0 Å². The van der Waals surface area contributed by atoms with Crippen molar-refractivity contribution in [2.45, 2.75) is 13.8 Å². The average Bonchev–Trinajstić information content (AvgIpc) is 2.36. The van der Waals surface area contributed by atoms with E-state index in [-0.39, 0.29) is 11.7 Å². The Morgan fingerprint density at radius 3 is 2.24 bits per heavy atom. The summed E-state index contributed by atoms with van der Waals surface area (Å²) in [6, 6.07) is 13.1. The van der Waals surface area contributed by atoms with Crippen molar-refractivity contribution in [2.24, 2.45) is 5.92 Å². The summed E-state index contributed by atoms with van der Waals surface area (Å²) in [7, 11) is 0. The summed E-state index contributed by atoms with van der Waals surface area (Å²) in [5.74, 6) is -0.986. The molecule has 2 aromatic carbocycles. The standard InChI is InChI=1S/C15H14O2/c1-10(2)14(16)15(17)13-8-7-11-5-3-4-6-12(11)9-13/h3-10H,1-2H3. The van der Waals surface area contributed by atoms with Gasteiger partial charge in [0.2, 0.25) is 11.6 Å². The summed E-state index contributed by atoms with van der Waals surface area (Å²) in [5.41, 5.74) is 0.474. The highest BCUT2D eigenvalue weighted by molar-refractivity contribution is 6.44. The summed E-state index contributed by atoms with van der Waals surface area (Å²) in [5, 5.41) is 2.05. The molecule has 0 fully saturated rings. The van der Waals surface area contributed by atoms with Gasteiger partial charge >= 0.3 is 0 Å². The van der Waals surface area contributed by atoms with Crippen molar-refractivity contribution in [3.8, 4) is 0 Å². The molecule has 0 aliphatic carbocycles. The van der Waals surface area contributed by atoms with E-state index < -0.39 is 5.78 Å². The quantitative estimate of drug-likeness (QED) is 0.594. The van der Waals surface area contributed by atoms with Crippen molar-refractivity contribution in [3.05, 3.63) is 48.0 Å². The molecule has 0 unspecified atom stereocenters. The highest BCUT2D eigenvalue weighted by Crippen LogP contribution is 2.16. The SMILES string of the molecule is CC(C)C(=O)C(=O)c1ccc2ccccc2c1. The van der Waals surface area contributed by atoms with E-state index >= 15 is 0 Å². The number of carbonyl (C=O) groups is 2. The Kier molecular flexibility index (Phi) is 3.05. The molecule has 2 rings (SSSR count). The third-order valence-corrected chi connectivity index (χ3v) is 2.76. The molecule has 0 N–H and O–H groups in total. The van der Waals surface area contributed by atoms with Crippen molar-refractivity contribution < 1.29 is 9.59 Å². The minimum atomic E-state index is -0.397. The fourth-order valence-corrected chi connectivity index (χ4v) is 1.74. The first-order chi connectivity index (χ1) is 8.09. The van der Waals surface area contributed by atoms with Crippen molar-refractivity contribution in [1.82, 2.24) is 0 Å². The number of benzene rings is 2. The number of Topliss-reactive ketones (excluding diaryl/α,β-unsaturated/α-hetero) is 2. The van der Waals surface area contributed by atoms with Crippen LogP contribution in [0.5, 0.6) is 0 Å². The molecular formula is C15H14O2. The van der Waals surface area contributed by atoms with Crippen LogP contribution < -0.4 is 0 Å². The molecule has 0 amide bonds. The van der Waals surface area contributed by atoms with Gasteiger partial charge in [-0.3, -0.25) is 9.59 Å². The van der Waals surface area contributed by atoms with E-state index in [0.29, 0.717) is 5.56 Å². The van der Waals surface area contributed by atoms with E-state index in [1.807, 2.05) is 30.3 Å². The number of hydrogen-bond donors (Lipinski definition) is 0. The second-order valence-electron chi connectivity index (χ2n) is 4.41. The molecule has 2 nitrogen and oxygen atoms in total. The number of carbonyl (C=O) groups excluding carboxylic acids is 2. The zero-order chi connectivity index (χ0) is 12.4. The summed E-state index contributed by atoms with van der Waals surface area (Å²) in [6.45, 7) is 3.47. The summed E-state index contributed by atoms with van der Waals surface area (Å²) in [4.78, 5) is 23.5. The van der Waals surface area contributed by atoms with Crippen LogP contribution in [0.3, 0.4) is 0 Å². The lowest BCUT2D eigenvalue weighted by atomic mass is 9.97. The first-order valence-corrected chi connectivity index (χ1v) is 5.67. The summed E-state index contributed by atoms with van der Waals surface area (Å²) >= 11 is 0. The van der Waals surface area contributed by atoms with Crippen LogP contribution in [0.25, 0.3) is 10.8 Å². The van der Waals surface area contributed by atoms with E-state index in [2.05, 4.69) is 0 Å². The normalized spacial score (nSPS) is 10.8. The third kappa shape index (κ3) is 2.26. The third-order valence-electron chi connectivity index (χ3n) is 2.76. The molecule has 86 valence electrons. The first kappa shape index (κ1) is 11.5. The van der Waals surface area contributed by atoms with Gasteiger partial charge in [0.15, 0.2) is 0 Å². The molecule has 0 aromatic heterocycles. The topological polar surface area (TPSA) is 34.1 Å². The molecular weight excluding hydrogens is 212 g/mol. The lowest BCUT2D eigenvalue weighted by molar-refractivity contribution is -0.117. The van der Waals surface area contributed by atoms with Crippen LogP contribution in [0.4, 0.5) is 0 Å². The molecule has 0 saturated heterocycles. The zero-order valence-electron chi connectivity index (χ0n) is 9.94. The maximum absolute atomic E-state index is 11.9. The van der Waals surface area contributed by atoms with Gasteiger partial charge in [-0.2, -0.15) is 0 Å². The first-order valence-electron chi connectivity index (χ1n) is 5.67. The van der Waals surface area contributed by atoms with Crippen LogP contribution in [0.2, 0.25) is 0 Å². The van der Waals surface area contributed by atoms with Crippen molar-refractivity contribution in [3.63, 3.8) is 0 Å². The van der Waals surface area contributed by atoms with Gasteiger partial charge in [0, 0.05) is 11.5 Å². The predicted molar refractivity (Wildman–Crippen MR) is 68.1 cm³/mol. The second-order valence-corrected chi connectivity index (χ2v) is 4.41. The number of hydrogen-bond acceptors (Lipinski definition) is 2. The van der Waals surface area contributed by atoms with Crippen LogP contribution in [0.15, 0.2) is 42.5 Å². The van der Waals surface area contributed by atoms with Gasteiger partial charge < -0.3 is 0 Å². The van der Waals surface area contributed by atoms with Crippen molar-refractivity contribution in [2.75, 3.05) is 0 Å². The Labute approximate surface area is 100 Å². The fraction of sp³-hybridized carbons (Fsp3) is 0.200. The molecule has 2 aromatic rings. The molecule has 0 atom stereocenters. The number of ketones is 2. The Balaban J connectivity index is 2.43. The van der Waals surface area contributed by atoms with E-state index in [0.717, 1.165) is 10.8 Å². The number of fused-ring (bicyclic) bond motifs is 1. The Hall–Kier alpha value is -1.96. The fourth-order valence-electron chi connectivity index (χ4n) is 1.74. The highest BCUT2D eigenvalue weighted by atomic mass is 16.2. The minimum absolute atomic E-state index is 0.256. The lowest BCUT2D eigenvalue weighted by Crippen LogP contribution is -2.19. The summed E-state index contributed by atoms with van der Waals surface area (Å²) in [6.07, 6.45) is 0. The maximum Gasteiger partial charge on any atom is 0.228 e. The van der Waals surface area contributed by atoms with Gasteiger partial charge in [-0.05, 0) is 16.8 Å². The van der Waals surface area contributed by atoms with Crippen LogP contribution in [-0.2, 0) is 4.79 Å². The molecule has 0 bridgehead atoms. The largest absolute Gasteiger partial charge is 0.290 e. The molecule has 17 heavy (non-hydrogen) atoms. The molecule has 0 spiro atoms. The van der Waals surface area contributed by atoms with E-state index in [9.17, 15) is 9.59 Å². The highest BCUT2D eigenvalue weighted by Gasteiger charge is 2.19. The van der Waals surface area contributed by atoms with Crippen molar-refractivity contribution in [1.29, 1.82) is 0 Å².